The van der Waals surface area contributed by atoms with Gasteiger partial charge in [0.1, 0.15) is 6.54 Å². The Morgan fingerprint density at radius 3 is 2.11 bits per heavy atom. The van der Waals surface area contributed by atoms with Crippen molar-refractivity contribution < 1.29 is 9.59 Å². The van der Waals surface area contributed by atoms with Crippen LogP contribution in [0.5, 0.6) is 0 Å². The first kappa shape index (κ1) is 26.5. The summed E-state index contributed by atoms with van der Waals surface area (Å²) in [5.41, 5.74) is 4.00. The number of hydrogen-bond donors (Lipinski definition) is 1. The minimum atomic E-state index is -0.343. The first-order chi connectivity index (χ1) is 17.7. The number of nitrogens with one attached hydrogen (secondary N) is 1. The van der Waals surface area contributed by atoms with Crippen molar-refractivity contribution in [3.8, 4) is 16.9 Å². The maximum Gasteiger partial charge on any atom is 0.254 e. The number of anilines is 1. The number of aryl methyl sites for hydroxylation is 1. The molecule has 1 heterocycles. The van der Waals surface area contributed by atoms with Gasteiger partial charge in [0, 0.05) is 39.6 Å². The molecule has 3 aromatic carbocycles. The molecule has 37 heavy (non-hydrogen) atoms. The van der Waals surface area contributed by atoms with E-state index in [1.165, 1.54) is 0 Å². The molecule has 0 aliphatic carbocycles. The molecule has 0 spiro atoms. The second-order valence-electron chi connectivity index (χ2n) is 9.30. The molecule has 190 valence electrons. The number of rotatable bonds is 8. The fraction of sp³-hybridized carbons (Fsp3) is 0.207. The number of imidazole rings is 1. The van der Waals surface area contributed by atoms with Crippen molar-refractivity contribution >= 4 is 41.0 Å². The van der Waals surface area contributed by atoms with Crippen molar-refractivity contribution in [1.29, 1.82) is 0 Å². The summed E-state index contributed by atoms with van der Waals surface area (Å²) in [7, 11) is 0. The van der Waals surface area contributed by atoms with Gasteiger partial charge in [0.25, 0.3) is 5.91 Å². The second kappa shape index (κ2) is 11.6. The van der Waals surface area contributed by atoms with Gasteiger partial charge in [0.05, 0.1) is 5.69 Å². The molecule has 8 heteroatoms. The maximum atomic E-state index is 13.2. The van der Waals surface area contributed by atoms with Crippen molar-refractivity contribution in [1.82, 2.24) is 14.5 Å². The van der Waals surface area contributed by atoms with E-state index in [1.807, 2.05) is 67.9 Å². The molecule has 0 fully saturated rings. The maximum absolute atomic E-state index is 13.2. The Morgan fingerprint density at radius 1 is 0.919 bits per heavy atom. The second-order valence-corrected chi connectivity index (χ2v) is 10.2. The van der Waals surface area contributed by atoms with Gasteiger partial charge in [-0.15, -0.1) is 0 Å². The zero-order chi connectivity index (χ0) is 26.5. The van der Waals surface area contributed by atoms with Gasteiger partial charge < -0.3 is 4.90 Å². The van der Waals surface area contributed by atoms with Crippen LogP contribution >= 0.6 is 23.2 Å². The molecule has 0 radical (unpaired) electrons. The molecule has 0 aliphatic heterocycles. The average molecular weight is 535 g/mol. The third-order valence-electron chi connectivity index (χ3n) is 5.71. The van der Waals surface area contributed by atoms with E-state index in [0.29, 0.717) is 33.8 Å². The molecule has 0 bridgehead atoms. The number of halogens is 2. The summed E-state index contributed by atoms with van der Waals surface area (Å²) in [6.07, 6.45) is 1.87. The number of hydrogen-bond acceptors (Lipinski definition) is 3. The Hall–Kier alpha value is -3.61. The SMILES string of the molecule is Cc1ccc(-n2cc(-c3ccc(Cl)cc3)nc2NC(=O)CN(CC(C)C)C(=O)c2ccc(Cl)cc2)cc1. The lowest BCUT2D eigenvalue weighted by Crippen LogP contribution is -2.40. The molecule has 1 N–H and O–H groups in total. The van der Waals surface area contributed by atoms with Crippen LogP contribution in [0.4, 0.5) is 5.95 Å². The summed E-state index contributed by atoms with van der Waals surface area (Å²) in [4.78, 5) is 32.7. The van der Waals surface area contributed by atoms with Crippen molar-refractivity contribution in [2.75, 3.05) is 18.4 Å². The van der Waals surface area contributed by atoms with E-state index in [2.05, 4.69) is 5.32 Å². The minimum Gasteiger partial charge on any atom is -0.329 e. The van der Waals surface area contributed by atoms with Gasteiger partial charge in [0.15, 0.2) is 0 Å². The quantitative estimate of drug-likeness (QED) is 0.267. The number of amides is 2. The van der Waals surface area contributed by atoms with E-state index >= 15 is 0 Å². The summed E-state index contributed by atoms with van der Waals surface area (Å²) in [5.74, 6) is -0.0360. The Bertz CT molecular complexity index is 1380. The van der Waals surface area contributed by atoms with Gasteiger partial charge >= 0.3 is 0 Å². The minimum absolute atomic E-state index is 0.114. The van der Waals surface area contributed by atoms with E-state index in [0.717, 1.165) is 16.8 Å². The Labute approximate surface area is 226 Å². The van der Waals surface area contributed by atoms with E-state index < -0.39 is 0 Å². The molecule has 0 saturated carbocycles. The van der Waals surface area contributed by atoms with Crippen molar-refractivity contribution in [2.24, 2.45) is 5.92 Å². The average Bonchev–Trinajstić information content (AvgIpc) is 3.27. The van der Waals surface area contributed by atoms with Crippen LogP contribution in [0, 0.1) is 12.8 Å². The molecule has 4 aromatic rings. The predicted octanol–water partition coefficient (Wildman–Crippen LogP) is 6.89. The fourth-order valence-corrected chi connectivity index (χ4v) is 4.15. The normalized spacial score (nSPS) is 11.0. The summed E-state index contributed by atoms with van der Waals surface area (Å²) in [5, 5.41) is 4.09. The van der Waals surface area contributed by atoms with Crippen LogP contribution in [0.3, 0.4) is 0 Å². The van der Waals surface area contributed by atoms with Gasteiger partial charge in [-0.1, -0.05) is 66.9 Å². The predicted molar refractivity (Wildman–Crippen MR) is 150 cm³/mol. The smallest absolute Gasteiger partial charge is 0.254 e. The van der Waals surface area contributed by atoms with Crippen LogP contribution in [0.25, 0.3) is 16.9 Å². The Morgan fingerprint density at radius 2 is 1.51 bits per heavy atom. The zero-order valence-corrected chi connectivity index (χ0v) is 22.4. The number of carbonyl (C=O) groups excluding carboxylic acids is 2. The van der Waals surface area contributed by atoms with Crippen molar-refractivity contribution in [3.63, 3.8) is 0 Å². The van der Waals surface area contributed by atoms with Crippen LogP contribution in [0.1, 0.15) is 29.8 Å². The van der Waals surface area contributed by atoms with E-state index in [-0.39, 0.29) is 24.3 Å². The molecular formula is C29H28Cl2N4O2. The highest BCUT2D eigenvalue weighted by Gasteiger charge is 2.22. The number of nitrogens with zero attached hydrogens (tertiary/aromatic N) is 3. The molecule has 0 aliphatic rings. The highest BCUT2D eigenvalue weighted by atomic mass is 35.5. The summed E-state index contributed by atoms with van der Waals surface area (Å²) < 4.78 is 1.83. The zero-order valence-electron chi connectivity index (χ0n) is 20.9. The lowest BCUT2D eigenvalue weighted by molar-refractivity contribution is -0.117. The van der Waals surface area contributed by atoms with Crippen LogP contribution in [0.15, 0.2) is 79.0 Å². The van der Waals surface area contributed by atoms with E-state index in [1.54, 1.807) is 41.3 Å². The van der Waals surface area contributed by atoms with Crippen molar-refractivity contribution in [3.05, 3.63) is 100 Å². The topological polar surface area (TPSA) is 67.2 Å². The first-order valence-electron chi connectivity index (χ1n) is 12.0. The summed E-state index contributed by atoms with van der Waals surface area (Å²) >= 11 is 12.0. The highest BCUT2D eigenvalue weighted by Crippen LogP contribution is 2.26. The van der Waals surface area contributed by atoms with Crippen LogP contribution in [-0.4, -0.2) is 39.4 Å². The van der Waals surface area contributed by atoms with Crippen LogP contribution in [-0.2, 0) is 4.79 Å². The molecule has 0 unspecified atom stereocenters. The Balaban J connectivity index is 1.61. The third kappa shape index (κ3) is 6.79. The van der Waals surface area contributed by atoms with Crippen molar-refractivity contribution in [2.45, 2.75) is 20.8 Å². The van der Waals surface area contributed by atoms with Gasteiger partial charge in [-0.05, 0) is 61.4 Å². The number of carbonyl (C=O) groups is 2. The molecular weight excluding hydrogens is 507 g/mol. The molecule has 4 rings (SSSR count). The molecule has 0 atom stereocenters. The number of aromatic nitrogens is 2. The van der Waals surface area contributed by atoms with Crippen LogP contribution < -0.4 is 5.32 Å². The van der Waals surface area contributed by atoms with Gasteiger partial charge in [-0.25, -0.2) is 4.98 Å². The lowest BCUT2D eigenvalue weighted by atomic mass is 10.1. The van der Waals surface area contributed by atoms with Gasteiger partial charge in [0.2, 0.25) is 11.9 Å². The first-order valence-corrected chi connectivity index (χ1v) is 12.7. The summed E-state index contributed by atoms with van der Waals surface area (Å²) in [6.45, 7) is 6.33. The fourth-order valence-electron chi connectivity index (χ4n) is 3.90. The largest absolute Gasteiger partial charge is 0.329 e. The standard InChI is InChI=1S/C29H28Cl2N4O2/c1-19(2)16-34(28(37)22-8-12-24(31)13-9-22)18-27(36)33-29-32-26(21-6-10-23(30)11-7-21)17-35(29)25-14-4-20(3)5-15-25/h4-15,17,19H,16,18H2,1-3H3,(H,32,33,36). The van der Waals surface area contributed by atoms with Gasteiger partial charge in [-0.3, -0.25) is 19.5 Å². The number of benzene rings is 3. The monoisotopic (exact) mass is 534 g/mol. The van der Waals surface area contributed by atoms with Crippen LogP contribution in [0.2, 0.25) is 10.0 Å². The Kier molecular flexibility index (Phi) is 8.31. The van der Waals surface area contributed by atoms with Gasteiger partial charge in [-0.2, -0.15) is 0 Å². The molecule has 1 aromatic heterocycles. The molecule has 0 saturated heterocycles. The molecule has 6 nitrogen and oxygen atoms in total. The molecule has 2 amide bonds. The summed E-state index contributed by atoms with van der Waals surface area (Å²) in [6, 6.07) is 21.9. The third-order valence-corrected chi connectivity index (χ3v) is 6.21. The highest BCUT2D eigenvalue weighted by molar-refractivity contribution is 6.31. The lowest BCUT2D eigenvalue weighted by Gasteiger charge is -2.24. The van der Waals surface area contributed by atoms with E-state index in [4.69, 9.17) is 28.2 Å². The van der Waals surface area contributed by atoms with E-state index in [9.17, 15) is 9.59 Å².